The number of piperidine rings is 1. The van der Waals surface area contributed by atoms with E-state index in [4.69, 9.17) is 16.0 Å². The first kappa shape index (κ1) is 29.6. The molecule has 2 aromatic heterocycles. The number of carbonyl (C=O) groups excluding carboxylic acids is 2. The van der Waals surface area contributed by atoms with Crippen LogP contribution in [0.25, 0.3) is 22.4 Å². The fraction of sp³-hybridized carbons (Fsp3) is 0.200. The number of phenols is 1. The Kier molecular flexibility index (Phi) is 9.63. The summed E-state index contributed by atoms with van der Waals surface area (Å²) < 4.78 is 5.19. The van der Waals surface area contributed by atoms with Gasteiger partial charge < -0.3 is 25.5 Å². The Morgan fingerprint density at radius 1 is 1.10 bits per heavy atom. The fourth-order valence-electron chi connectivity index (χ4n) is 4.66. The van der Waals surface area contributed by atoms with Crippen LogP contribution in [0.5, 0.6) is 5.75 Å². The number of nitriles is 1. The van der Waals surface area contributed by atoms with Gasteiger partial charge in [0, 0.05) is 34.3 Å². The number of pyridine rings is 1. The number of furan rings is 1. The standard InChI is InChI=1S/C30H26ClN5O4.ClH/c31-20-9-10-22(26(37)14-20)25-15-23(24(16-32)28(35-25)36-30(39)27-8-4-12-40-27)18-5-3-6-19(13-18)29(38)34-17-21-7-1-2-11-33-21;/h3-6,8-10,12-15,21,33,37H,1-2,7,11,17H2,(H,34,38)(H,35,36,39);1H. The van der Waals surface area contributed by atoms with E-state index in [0.717, 1.165) is 25.8 Å². The summed E-state index contributed by atoms with van der Waals surface area (Å²) in [5.41, 5.74) is 2.12. The molecule has 3 heterocycles. The number of halogens is 2. The van der Waals surface area contributed by atoms with Crippen molar-refractivity contribution in [1.82, 2.24) is 15.6 Å². The number of carbonyl (C=O) groups is 2. The van der Waals surface area contributed by atoms with E-state index in [9.17, 15) is 20.0 Å². The molecule has 1 fully saturated rings. The maximum absolute atomic E-state index is 13.0. The van der Waals surface area contributed by atoms with Crippen molar-refractivity contribution in [3.05, 3.63) is 88.8 Å². The van der Waals surface area contributed by atoms with E-state index in [1.54, 1.807) is 48.5 Å². The van der Waals surface area contributed by atoms with Gasteiger partial charge in [-0.25, -0.2) is 4.98 Å². The Balaban J connectivity index is 0.00000387. The molecule has 1 saturated heterocycles. The Morgan fingerprint density at radius 3 is 2.66 bits per heavy atom. The van der Waals surface area contributed by atoms with Gasteiger partial charge in [-0.3, -0.25) is 9.59 Å². The number of nitrogens with zero attached hydrogens (tertiary/aromatic N) is 2. The molecule has 4 N–H and O–H groups in total. The Hall–Kier alpha value is -4.36. The zero-order valence-electron chi connectivity index (χ0n) is 21.8. The van der Waals surface area contributed by atoms with Crippen molar-refractivity contribution >= 4 is 41.6 Å². The highest BCUT2D eigenvalue weighted by molar-refractivity contribution is 6.30. The second-order valence-corrected chi connectivity index (χ2v) is 9.86. The molecule has 0 saturated carbocycles. The summed E-state index contributed by atoms with van der Waals surface area (Å²) in [6, 6.07) is 18.5. The highest BCUT2D eigenvalue weighted by Gasteiger charge is 2.21. The highest BCUT2D eigenvalue weighted by atomic mass is 35.5. The third kappa shape index (κ3) is 6.87. The first-order chi connectivity index (χ1) is 19.4. The number of hydrogen-bond acceptors (Lipinski definition) is 7. The average Bonchev–Trinajstić information content (AvgIpc) is 3.52. The van der Waals surface area contributed by atoms with E-state index in [1.807, 2.05) is 0 Å². The number of hydrogen-bond donors (Lipinski definition) is 4. The zero-order chi connectivity index (χ0) is 28.1. The van der Waals surface area contributed by atoms with Crippen LogP contribution in [0.3, 0.4) is 0 Å². The maximum atomic E-state index is 13.0. The van der Waals surface area contributed by atoms with Crippen LogP contribution in [-0.2, 0) is 0 Å². The number of rotatable bonds is 7. The van der Waals surface area contributed by atoms with Crippen molar-refractivity contribution in [2.45, 2.75) is 25.3 Å². The smallest absolute Gasteiger partial charge is 0.292 e. The zero-order valence-corrected chi connectivity index (χ0v) is 23.4. The molecule has 1 aliphatic rings. The van der Waals surface area contributed by atoms with Crippen LogP contribution in [-0.4, -0.2) is 41.0 Å². The third-order valence-corrected chi connectivity index (χ3v) is 6.94. The molecule has 0 radical (unpaired) electrons. The second-order valence-electron chi connectivity index (χ2n) is 9.42. The van der Waals surface area contributed by atoms with Gasteiger partial charge in [0.2, 0.25) is 0 Å². The maximum Gasteiger partial charge on any atom is 0.292 e. The van der Waals surface area contributed by atoms with Gasteiger partial charge in [0.25, 0.3) is 11.8 Å². The summed E-state index contributed by atoms with van der Waals surface area (Å²) in [5, 5.41) is 30.1. The molecule has 210 valence electrons. The van der Waals surface area contributed by atoms with Crippen molar-refractivity contribution in [3.63, 3.8) is 0 Å². The van der Waals surface area contributed by atoms with Crippen LogP contribution >= 0.6 is 24.0 Å². The topological polar surface area (TPSA) is 140 Å². The van der Waals surface area contributed by atoms with Crippen molar-refractivity contribution in [2.75, 3.05) is 18.4 Å². The molecule has 0 spiro atoms. The molecule has 0 aliphatic carbocycles. The minimum absolute atomic E-state index is 0. The summed E-state index contributed by atoms with van der Waals surface area (Å²) in [6.45, 7) is 1.46. The van der Waals surface area contributed by atoms with E-state index >= 15 is 0 Å². The van der Waals surface area contributed by atoms with Crippen LogP contribution in [0.1, 0.15) is 45.7 Å². The van der Waals surface area contributed by atoms with Gasteiger partial charge in [0.15, 0.2) is 11.6 Å². The van der Waals surface area contributed by atoms with Crippen LogP contribution in [0.2, 0.25) is 5.02 Å². The van der Waals surface area contributed by atoms with Crippen molar-refractivity contribution < 1.29 is 19.1 Å². The van der Waals surface area contributed by atoms with Crippen LogP contribution in [0, 0.1) is 11.3 Å². The molecular weight excluding hydrogens is 565 g/mol. The number of aromatic nitrogens is 1. The molecule has 11 heteroatoms. The number of anilines is 1. The molecule has 9 nitrogen and oxygen atoms in total. The van der Waals surface area contributed by atoms with E-state index < -0.39 is 5.91 Å². The monoisotopic (exact) mass is 591 g/mol. The molecule has 0 bridgehead atoms. The van der Waals surface area contributed by atoms with Gasteiger partial charge >= 0.3 is 0 Å². The normalized spacial score (nSPS) is 14.4. The molecule has 5 rings (SSSR count). The van der Waals surface area contributed by atoms with Gasteiger partial charge in [-0.2, -0.15) is 5.26 Å². The number of aromatic hydroxyl groups is 1. The first-order valence-electron chi connectivity index (χ1n) is 12.8. The number of benzene rings is 2. The molecule has 2 aromatic carbocycles. The van der Waals surface area contributed by atoms with E-state index in [2.05, 4.69) is 27.0 Å². The number of amides is 2. The third-order valence-electron chi connectivity index (χ3n) is 6.70. The van der Waals surface area contributed by atoms with Crippen LogP contribution in [0.4, 0.5) is 5.82 Å². The summed E-state index contributed by atoms with van der Waals surface area (Å²) in [5.74, 6) is -0.934. The van der Waals surface area contributed by atoms with Gasteiger partial charge in [0.1, 0.15) is 17.4 Å². The molecule has 41 heavy (non-hydrogen) atoms. The van der Waals surface area contributed by atoms with E-state index in [1.165, 1.54) is 18.4 Å². The Labute approximate surface area is 248 Å². The lowest BCUT2D eigenvalue weighted by Crippen LogP contribution is -2.43. The SMILES string of the molecule is Cl.N#Cc1c(-c2cccc(C(=O)NCC3CCCCN3)c2)cc(-c2ccc(Cl)cc2O)nc1NC(=O)c1ccco1. The van der Waals surface area contributed by atoms with Gasteiger partial charge in [-0.15, -0.1) is 12.4 Å². The minimum Gasteiger partial charge on any atom is -0.507 e. The molecule has 1 aliphatic heterocycles. The number of nitrogens with one attached hydrogen (secondary N) is 3. The largest absolute Gasteiger partial charge is 0.507 e. The van der Waals surface area contributed by atoms with Crippen molar-refractivity contribution in [3.8, 4) is 34.2 Å². The van der Waals surface area contributed by atoms with Gasteiger partial charge in [-0.1, -0.05) is 30.2 Å². The molecule has 4 aromatic rings. The fourth-order valence-corrected chi connectivity index (χ4v) is 4.82. The first-order valence-corrected chi connectivity index (χ1v) is 13.2. The lowest BCUT2D eigenvalue weighted by atomic mass is 9.96. The summed E-state index contributed by atoms with van der Waals surface area (Å²) >= 11 is 6.03. The van der Waals surface area contributed by atoms with Crippen molar-refractivity contribution in [2.24, 2.45) is 0 Å². The molecule has 2 amide bonds. The molecule has 1 atom stereocenters. The van der Waals surface area contributed by atoms with Crippen LogP contribution in [0.15, 0.2) is 71.3 Å². The highest BCUT2D eigenvalue weighted by Crippen LogP contribution is 2.37. The quantitative estimate of drug-likeness (QED) is 0.213. The van der Waals surface area contributed by atoms with E-state index in [-0.39, 0.29) is 52.9 Å². The predicted octanol–water partition coefficient (Wildman–Crippen LogP) is 5.79. The van der Waals surface area contributed by atoms with Gasteiger partial charge in [-0.05, 0) is 73.5 Å². The summed E-state index contributed by atoms with van der Waals surface area (Å²) in [7, 11) is 0. The Morgan fingerprint density at radius 2 is 1.95 bits per heavy atom. The Bertz CT molecular complexity index is 1600. The predicted molar refractivity (Wildman–Crippen MR) is 158 cm³/mol. The van der Waals surface area contributed by atoms with Gasteiger partial charge in [0.05, 0.1) is 12.0 Å². The minimum atomic E-state index is -0.595. The second kappa shape index (κ2) is 13.3. The lowest BCUT2D eigenvalue weighted by molar-refractivity contribution is 0.0946. The molecule has 1 unspecified atom stereocenters. The summed E-state index contributed by atoms with van der Waals surface area (Å²) in [4.78, 5) is 30.3. The van der Waals surface area contributed by atoms with E-state index in [0.29, 0.717) is 33.8 Å². The summed E-state index contributed by atoms with van der Waals surface area (Å²) in [6.07, 6.45) is 4.64. The lowest BCUT2D eigenvalue weighted by Gasteiger charge is -2.23. The number of phenolic OH excluding ortho intramolecular Hbond substituents is 1. The average molecular weight is 592 g/mol. The van der Waals surface area contributed by atoms with Crippen molar-refractivity contribution in [1.29, 1.82) is 5.26 Å². The molecular formula is C30H27Cl2N5O4. The van der Waals surface area contributed by atoms with Crippen LogP contribution < -0.4 is 16.0 Å².